The van der Waals surface area contributed by atoms with Crippen LogP contribution in [0.1, 0.15) is 44.0 Å². The summed E-state index contributed by atoms with van der Waals surface area (Å²) in [5.74, 6) is -1.28. The number of piperazine rings is 1. The number of nitrogens with zero attached hydrogens (tertiary/aromatic N) is 7. The summed E-state index contributed by atoms with van der Waals surface area (Å²) in [4.78, 5) is 20.1. The number of anilines is 1. The van der Waals surface area contributed by atoms with E-state index in [9.17, 15) is 4.79 Å². The number of halogens is 2. The first-order valence-electron chi connectivity index (χ1n) is 10.9. The Morgan fingerprint density at radius 1 is 1.09 bits per heavy atom. The van der Waals surface area contributed by atoms with Crippen molar-refractivity contribution in [2.24, 2.45) is 0 Å². The van der Waals surface area contributed by atoms with Gasteiger partial charge in [-0.25, -0.2) is 18.3 Å². The van der Waals surface area contributed by atoms with Crippen molar-refractivity contribution in [3.8, 4) is 0 Å². The Hall–Kier alpha value is -3.56. The molecule has 0 saturated carbocycles. The Bertz CT molecular complexity index is 1380. The number of carbonyl (C=O) groups is 1. The van der Waals surface area contributed by atoms with Crippen molar-refractivity contribution in [1.29, 1.82) is 0 Å². The first kappa shape index (κ1) is 21.3. The number of rotatable bonds is 4. The maximum atomic E-state index is 15.5. The summed E-state index contributed by atoms with van der Waals surface area (Å²) in [6.07, 6.45) is 3.03. The predicted octanol–water partition coefficient (Wildman–Crippen LogP) is 3.37. The lowest BCUT2D eigenvalue weighted by atomic mass is 9.95. The number of imidazole rings is 1. The zero-order valence-electron chi connectivity index (χ0n) is 19.0. The highest BCUT2D eigenvalue weighted by atomic mass is 19.1. The molecule has 33 heavy (non-hydrogen) atoms. The second-order valence-corrected chi connectivity index (χ2v) is 8.80. The number of hydrogen-bond acceptors (Lipinski definition) is 5. The molecule has 1 aromatic carbocycles. The van der Waals surface area contributed by atoms with Crippen molar-refractivity contribution in [3.63, 3.8) is 0 Å². The first-order valence-corrected chi connectivity index (χ1v) is 10.9. The van der Waals surface area contributed by atoms with Crippen LogP contribution in [-0.4, -0.2) is 61.9 Å². The smallest absolute Gasteiger partial charge is 0.241 e. The minimum atomic E-state index is -0.649. The van der Waals surface area contributed by atoms with Crippen LogP contribution in [0.3, 0.4) is 0 Å². The van der Waals surface area contributed by atoms with Gasteiger partial charge in [-0.3, -0.25) is 9.48 Å². The molecular formula is C23H25F2N7O. The molecule has 1 fully saturated rings. The highest BCUT2D eigenvalue weighted by Gasteiger charge is 2.27. The quantitative estimate of drug-likeness (QED) is 0.474. The fourth-order valence-corrected chi connectivity index (χ4v) is 4.39. The van der Waals surface area contributed by atoms with Crippen molar-refractivity contribution in [2.75, 3.05) is 31.6 Å². The standard InChI is InChI=1S/C23H25F2N7O/c1-13(2)31-17-9-16(24)22(23(25)15(17)10-27-31)14(3)18-11-26-19-5-6-20(28-32(18)19)30-8-7-29(4)21(33)12-30/h5-6,9-11,13-14H,7-8,12H2,1-4H3. The van der Waals surface area contributed by atoms with E-state index < -0.39 is 17.6 Å². The zero-order chi connectivity index (χ0) is 23.4. The van der Waals surface area contributed by atoms with E-state index in [4.69, 9.17) is 0 Å². The van der Waals surface area contributed by atoms with Gasteiger partial charge in [0.25, 0.3) is 0 Å². The van der Waals surface area contributed by atoms with Gasteiger partial charge in [0.2, 0.25) is 5.91 Å². The number of fused-ring (bicyclic) bond motifs is 2. The van der Waals surface area contributed by atoms with E-state index in [0.717, 1.165) is 0 Å². The van der Waals surface area contributed by atoms with Gasteiger partial charge in [-0.1, -0.05) is 6.92 Å². The molecule has 1 unspecified atom stereocenters. The van der Waals surface area contributed by atoms with Crippen molar-refractivity contribution in [3.05, 3.63) is 53.5 Å². The van der Waals surface area contributed by atoms with Gasteiger partial charge < -0.3 is 9.80 Å². The first-order chi connectivity index (χ1) is 15.8. The summed E-state index contributed by atoms with van der Waals surface area (Å²) < 4.78 is 33.9. The summed E-state index contributed by atoms with van der Waals surface area (Å²) in [5, 5.41) is 9.17. The SMILES string of the molecule is CC(c1c(F)cc2c(cnn2C(C)C)c1F)c1cnc2ccc(N3CCN(C)C(=O)C3)nn12. The van der Waals surface area contributed by atoms with Crippen LogP contribution in [0.5, 0.6) is 0 Å². The topological polar surface area (TPSA) is 71.6 Å². The molecular weight excluding hydrogens is 428 g/mol. The average Bonchev–Trinajstić information content (AvgIpc) is 3.39. The molecule has 1 saturated heterocycles. The third kappa shape index (κ3) is 3.40. The molecule has 0 bridgehead atoms. The fourth-order valence-electron chi connectivity index (χ4n) is 4.39. The van der Waals surface area contributed by atoms with E-state index in [1.807, 2.05) is 24.8 Å². The average molecular weight is 453 g/mol. The van der Waals surface area contributed by atoms with E-state index in [1.165, 1.54) is 12.3 Å². The molecule has 1 aliphatic rings. The monoisotopic (exact) mass is 453 g/mol. The molecule has 0 aliphatic carbocycles. The second-order valence-electron chi connectivity index (χ2n) is 8.80. The maximum absolute atomic E-state index is 15.5. The molecule has 10 heteroatoms. The summed E-state index contributed by atoms with van der Waals surface area (Å²) in [6, 6.07) is 4.93. The van der Waals surface area contributed by atoms with E-state index in [2.05, 4.69) is 15.2 Å². The number of carbonyl (C=O) groups excluding carboxylic acids is 1. The van der Waals surface area contributed by atoms with Crippen LogP contribution in [0.2, 0.25) is 0 Å². The minimum absolute atomic E-state index is 0.0155. The van der Waals surface area contributed by atoms with Crippen molar-refractivity contribution < 1.29 is 13.6 Å². The molecule has 1 aliphatic heterocycles. The predicted molar refractivity (Wildman–Crippen MR) is 120 cm³/mol. The van der Waals surface area contributed by atoms with Crippen LogP contribution in [0.25, 0.3) is 16.6 Å². The number of benzene rings is 1. The Kier molecular flexibility index (Phi) is 5.02. The highest BCUT2D eigenvalue weighted by Crippen LogP contribution is 2.34. The number of aromatic nitrogens is 5. The van der Waals surface area contributed by atoms with Crippen LogP contribution >= 0.6 is 0 Å². The van der Waals surface area contributed by atoms with Crippen LogP contribution in [0.15, 0.2) is 30.6 Å². The van der Waals surface area contributed by atoms with Crippen LogP contribution in [-0.2, 0) is 4.79 Å². The molecule has 172 valence electrons. The lowest BCUT2D eigenvalue weighted by molar-refractivity contribution is -0.129. The third-order valence-electron chi connectivity index (χ3n) is 6.35. The van der Waals surface area contributed by atoms with E-state index in [-0.39, 0.29) is 29.4 Å². The van der Waals surface area contributed by atoms with E-state index in [1.54, 1.807) is 40.3 Å². The largest absolute Gasteiger partial charge is 0.344 e. The van der Waals surface area contributed by atoms with Crippen LogP contribution in [0, 0.1) is 11.6 Å². The molecule has 1 amide bonds. The number of amides is 1. The molecule has 0 radical (unpaired) electrons. The van der Waals surface area contributed by atoms with Gasteiger partial charge in [-0.05, 0) is 26.0 Å². The van der Waals surface area contributed by atoms with Crippen molar-refractivity contribution in [2.45, 2.75) is 32.7 Å². The molecule has 8 nitrogen and oxygen atoms in total. The normalized spacial score (nSPS) is 15.9. The van der Waals surface area contributed by atoms with Crippen LogP contribution in [0.4, 0.5) is 14.6 Å². The maximum Gasteiger partial charge on any atom is 0.241 e. The Morgan fingerprint density at radius 2 is 1.88 bits per heavy atom. The number of hydrogen-bond donors (Lipinski definition) is 0. The summed E-state index contributed by atoms with van der Waals surface area (Å²) in [7, 11) is 1.77. The zero-order valence-corrected chi connectivity index (χ0v) is 19.0. The van der Waals surface area contributed by atoms with Gasteiger partial charge in [-0.15, -0.1) is 5.10 Å². The Balaban J connectivity index is 1.57. The summed E-state index contributed by atoms with van der Waals surface area (Å²) in [5.41, 5.74) is 1.50. The molecule has 0 spiro atoms. The van der Waals surface area contributed by atoms with Gasteiger partial charge >= 0.3 is 0 Å². The molecule has 1 atom stereocenters. The van der Waals surface area contributed by atoms with Crippen molar-refractivity contribution >= 4 is 28.3 Å². The van der Waals surface area contributed by atoms with Gasteiger partial charge in [0, 0.05) is 43.7 Å². The Labute approximate surface area is 189 Å². The molecule has 4 heterocycles. The fraction of sp³-hybridized carbons (Fsp3) is 0.391. The van der Waals surface area contributed by atoms with Crippen LogP contribution < -0.4 is 4.90 Å². The van der Waals surface area contributed by atoms with Crippen molar-refractivity contribution in [1.82, 2.24) is 29.3 Å². The van der Waals surface area contributed by atoms with Gasteiger partial charge in [-0.2, -0.15) is 5.10 Å². The minimum Gasteiger partial charge on any atom is -0.344 e. The molecule has 3 aromatic heterocycles. The van der Waals surface area contributed by atoms with Gasteiger partial charge in [0.1, 0.15) is 17.5 Å². The lowest BCUT2D eigenvalue weighted by Gasteiger charge is -2.32. The molecule has 5 rings (SSSR count). The highest BCUT2D eigenvalue weighted by molar-refractivity contribution is 5.82. The van der Waals surface area contributed by atoms with Gasteiger partial charge in [0.05, 0.1) is 35.5 Å². The van der Waals surface area contributed by atoms with E-state index >= 15 is 8.78 Å². The summed E-state index contributed by atoms with van der Waals surface area (Å²) in [6.45, 7) is 7.04. The Morgan fingerprint density at radius 3 is 2.61 bits per heavy atom. The molecule has 0 N–H and O–H groups in total. The van der Waals surface area contributed by atoms with Gasteiger partial charge in [0.15, 0.2) is 5.65 Å². The second kappa shape index (κ2) is 7.79. The third-order valence-corrected chi connectivity index (χ3v) is 6.35. The number of likely N-dealkylation sites (N-methyl/N-ethyl adjacent to an activating group) is 1. The lowest BCUT2D eigenvalue weighted by Crippen LogP contribution is -2.48. The summed E-state index contributed by atoms with van der Waals surface area (Å²) >= 11 is 0. The van der Waals surface area contributed by atoms with E-state index in [0.29, 0.717) is 35.8 Å². The molecule has 4 aromatic rings.